The summed E-state index contributed by atoms with van der Waals surface area (Å²) in [4.78, 5) is 37.5. The third-order valence-corrected chi connectivity index (χ3v) is 14.7. The predicted molar refractivity (Wildman–Crippen MR) is 318 cm³/mol. The molecule has 0 bridgehead atoms. The molecule has 75 heavy (non-hydrogen) atoms. The number of nitrogens with zero attached hydrogens (tertiary/aromatic N) is 1. The second-order valence-corrected chi connectivity index (χ2v) is 23.4. The minimum atomic E-state index is -1.51. The van der Waals surface area contributed by atoms with Crippen LogP contribution in [0.15, 0.2) is 24.3 Å². The summed E-state index contributed by atoms with van der Waals surface area (Å²) >= 11 is 0. The quantitative estimate of drug-likeness (QED) is 0.0211. The molecule has 0 fully saturated rings. The Hall–Kier alpha value is -2.23. The third-order valence-electron chi connectivity index (χ3n) is 14.7. The van der Waals surface area contributed by atoms with Gasteiger partial charge in [0.15, 0.2) is 6.10 Å². The zero-order chi connectivity index (χ0) is 54.8. The van der Waals surface area contributed by atoms with Gasteiger partial charge in [-0.1, -0.05) is 269 Å². The number of likely N-dealkylation sites (N-methyl/N-ethyl adjacent to an activating group) is 1. The maximum Gasteiger partial charge on any atom is 0.361 e. The molecule has 0 aliphatic heterocycles. The molecular formula is C66H126NO8+. The molecule has 0 saturated heterocycles. The number of ether oxygens (including phenoxy) is 4. The van der Waals surface area contributed by atoms with E-state index in [0.717, 1.165) is 38.5 Å². The Morgan fingerprint density at radius 3 is 0.987 bits per heavy atom. The Kier molecular flexibility index (Phi) is 56.2. The number of carbonyl (C=O) groups is 3. The summed E-state index contributed by atoms with van der Waals surface area (Å²) in [6.45, 7) is 4.92. The summed E-state index contributed by atoms with van der Waals surface area (Å²) in [6.07, 6.45) is 67.1. The minimum Gasteiger partial charge on any atom is -0.477 e. The van der Waals surface area contributed by atoms with E-state index in [1.165, 1.54) is 257 Å². The van der Waals surface area contributed by atoms with Crippen LogP contribution in [0.25, 0.3) is 0 Å². The molecule has 442 valence electrons. The molecule has 0 aliphatic rings. The van der Waals surface area contributed by atoms with Crippen LogP contribution in [0.4, 0.5) is 0 Å². The fraction of sp³-hybridized carbons (Fsp3) is 0.894. The third kappa shape index (κ3) is 59.3. The number of carboxylic acids is 1. The molecule has 1 N–H and O–H groups in total. The van der Waals surface area contributed by atoms with E-state index in [4.69, 9.17) is 18.9 Å². The van der Waals surface area contributed by atoms with E-state index in [9.17, 15) is 19.5 Å². The van der Waals surface area contributed by atoms with Gasteiger partial charge in [0.25, 0.3) is 6.29 Å². The molecule has 0 saturated carbocycles. The van der Waals surface area contributed by atoms with Gasteiger partial charge in [0.2, 0.25) is 0 Å². The van der Waals surface area contributed by atoms with Gasteiger partial charge in [0, 0.05) is 12.8 Å². The molecule has 0 aromatic rings. The zero-order valence-corrected chi connectivity index (χ0v) is 50.5. The molecular weight excluding hydrogens is 935 g/mol. The Bertz CT molecular complexity index is 1280. The van der Waals surface area contributed by atoms with E-state index in [-0.39, 0.29) is 38.2 Å². The summed E-state index contributed by atoms with van der Waals surface area (Å²) in [6, 6.07) is 0. The predicted octanol–water partition coefficient (Wildman–Crippen LogP) is 19.5. The number of esters is 2. The Labute approximate surface area is 465 Å². The van der Waals surface area contributed by atoms with Crippen LogP contribution in [0.3, 0.4) is 0 Å². The summed E-state index contributed by atoms with van der Waals surface area (Å²) < 4.78 is 22.9. The smallest absolute Gasteiger partial charge is 0.361 e. The van der Waals surface area contributed by atoms with E-state index in [2.05, 4.69) is 38.2 Å². The highest BCUT2D eigenvalue weighted by molar-refractivity contribution is 5.71. The molecule has 2 unspecified atom stereocenters. The monoisotopic (exact) mass is 1060 g/mol. The molecule has 0 radical (unpaired) electrons. The summed E-state index contributed by atoms with van der Waals surface area (Å²) in [5, 5.41) is 9.71. The maximum absolute atomic E-state index is 12.9. The van der Waals surface area contributed by atoms with Crippen molar-refractivity contribution in [2.75, 3.05) is 47.5 Å². The normalized spacial score (nSPS) is 12.8. The number of hydrogen-bond acceptors (Lipinski definition) is 7. The maximum atomic E-state index is 12.9. The summed E-state index contributed by atoms with van der Waals surface area (Å²) in [5.74, 6) is -1.99. The lowest BCUT2D eigenvalue weighted by Gasteiger charge is -2.25. The van der Waals surface area contributed by atoms with E-state index in [0.29, 0.717) is 17.4 Å². The van der Waals surface area contributed by atoms with E-state index in [1.54, 1.807) is 0 Å². The number of rotatable bonds is 61. The van der Waals surface area contributed by atoms with Gasteiger partial charge in [-0.15, -0.1) is 0 Å². The van der Waals surface area contributed by atoms with Crippen LogP contribution in [-0.2, 0) is 33.3 Å². The van der Waals surface area contributed by atoms with Crippen LogP contribution in [0.1, 0.15) is 322 Å². The largest absolute Gasteiger partial charge is 0.477 e. The second-order valence-electron chi connectivity index (χ2n) is 23.4. The molecule has 0 rings (SSSR count). The van der Waals surface area contributed by atoms with Gasteiger partial charge >= 0.3 is 17.9 Å². The van der Waals surface area contributed by atoms with Crippen LogP contribution in [0, 0.1) is 0 Å². The first-order valence-electron chi connectivity index (χ1n) is 32.5. The lowest BCUT2D eigenvalue weighted by atomic mass is 10.0. The number of quaternary nitrogens is 1. The van der Waals surface area contributed by atoms with Gasteiger partial charge in [-0.3, -0.25) is 9.59 Å². The number of carboxylic acid groups (broad SMARTS) is 1. The molecule has 9 nitrogen and oxygen atoms in total. The first kappa shape index (κ1) is 72.8. The average Bonchev–Trinajstić information content (AvgIpc) is 3.38. The minimum absolute atomic E-state index is 0.179. The molecule has 0 amide bonds. The highest BCUT2D eigenvalue weighted by atomic mass is 16.7. The SMILES string of the molecule is CCCCCCCC/C=C\CCCCCCCCCC(=O)OCC(COC(OCC[N+](C)(C)C)C(=O)O)OC(=O)CCCCCCCCCCCCCCCCCCCCCCC/C=C\CCCCCCCCCC. The second kappa shape index (κ2) is 57.9. The molecule has 0 aliphatic carbocycles. The number of aliphatic carboxylic acids is 1. The highest BCUT2D eigenvalue weighted by Crippen LogP contribution is 2.18. The topological polar surface area (TPSA) is 108 Å². The van der Waals surface area contributed by atoms with Gasteiger partial charge in [0.05, 0.1) is 34.4 Å². The van der Waals surface area contributed by atoms with Gasteiger partial charge in [0.1, 0.15) is 13.2 Å². The van der Waals surface area contributed by atoms with Crippen LogP contribution in [0.5, 0.6) is 0 Å². The van der Waals surface area contributed by atoms with Crippen molar-refractivity contribution in [2.45, 2.75) is 334 Å². The lowest BCUT2D eigenvalue weighted by Crippen LogP contribution is -2.40. The Morgan fingerprint density at radius 2 is 0.680 bits per heavy atom. The van der Waals surface area contributed by atoms with Crippen molar-refractivity contribution in [3.63, 3.8) is 0 Å². The van der Waals surface area contributed by atoms with Crippen molar-refractivity contribution in [3.05, 3.63) is 24.3 Å². The highest BCUT2D eigenvalue weighted by Gasteiger charge is 2.25. The van der Waals surface area contributed by atoms with Crippen molar-refractivity contribution < 1.29 is 42.9 Å². The van der Waals surface area contributed by atoms with Crippen LogP contribution < -0.4 is 0 Å². The molecule has 0 heterocycles. The van der Waals surface area contributed by atoms with Gasteiger partial charge in [-0.05, 0) is 64.2 Å². The Morgan fingerprint density at radius 1 is 0.387 bits per heavy atom. The van der Waals surface area contributed by atoms with Crippen LogP contribution in [0.2, 0.25) is 0 Å². The van der Waals surface area contributed by atoms with Gasteiger partial charge in [-0.25, -0.2) is 4.79 Å². The summed E-state index contributed by atoms with van der Waals surface area (Å²) in [7, 11) is 5.98. The number of hydrogen-bond donors (Lipinski definition) is 1. The standard InChI is InChI=1S/C66H125NO8/c1-6-8-10-12-14-16-18-20-22-24-25-26-27-28-29-30-31-32-33-34-35-36-37-38-39-41-43-45-47-49-51-53-55-57-64(69)75-62(61-74-66(65(70)71)72-59-58-67(3,4)5)60-73-63(68)56-54-52-50-48-46-44-42-40-23-21-19-17-15-13-11-9-7-2/h21,23-25,62,66H,6-20,22,26-61H2,1-5H3/p+1/b23-21-,25-24-. The van der Waals surface area contributed by atoms with Crippen LogP contribution in [-0.4, -0.2) is 87.4 Å². The van der Waals surface area contributed by atoms with Crippen LogP contribution >= 0.6 is 0 Å². The van der Waals surface area contributed by atoms with Crippen molar-refractivity contribution >= 4 is 17.9 Å². The molecule has 2 atom stereocenters. The van der Waals surface area contributed by atoms with Crippen molar-refractivity contribution in [3.8, 4) is 0 Å². The van der Waals surface area contributed by atoms with E-state index < -0.39 is 18.4 Å². The molecule has 9 heteroatoms. The number of unbranched alkanes of at least 4 members (excludes halogenated alkanes) is 42. The fourth-order valence-corrected chi connectivity index (χ4v) is 9.65. The first-order valence-corrected chi connectivity index (χ1v) is 32.5. The number of carbonyl (C=O) groups excluding carboxylic acids is 2. The fourth-order valence-electron chi connectivity index (χ4n) is 9.65. The van der Waals surface area contributed by atoms with Crippen molar-refractivity contribution in [1.82, 2.24) is 0 Å². The molecule has 0 aromatic heterocycles. The molecule has 0 aromatic carbocycles. The van der Waals surface area contributed by atoms with Gasteiger partial charge < -0.3 is 28.5 Å². The number of allylic oxidation sites excluding steroid dienone is 4. The zero-order valence-electron chi connectivity index (χ0n) is 50.5. The van der Waals surface area contributed by atoms with Crippen molar-refractivity contribution in [1.29, 1.82) is 0 Å². The summed E-state index contributed by atoms with van der Waals surface area (Å²) in [5.41, 5.74) is 0. The van der Waals surface area contributed by atoms with E-state index >= 15 is 0 Å². The van der Waals surface area contributed by atoms with Gasteiger partial charge in [-0.2, -0.15) is 0 Å². The lowest BCUT2D eigenvalue weighted by molar-refractivity contribution is -0.870. The van der Waals surface area contributed by atoms with E-state index in [1.807, 2.05) is 21.1 Å². The van der Waals surface area contributed by atoms with Crippen molar-refractivity contribution in [2.24, 2.45) is 0 Å². The first-order chi connectivity index (χ1) is 36.6. The molecule has 0 spiro atoms. The average molecular weight is 1060 g/mol. The Balaban J connectivity index is 4.05.